The molecule has 1 fully saturated rings. The highest BCUT2D eigenvalue weighted by Gasteiger charge is 2.23. The first-order valence-electron chi connectivity index (χ1n) is 3.60. The number of hydrogen-bond donors (Lipinski definition) is 1. The van der Waals surface area contributed by atoms with Crippen LogP contribution in [0.1, 0.15) is 19.8 Å². The van der Waals surface area contributed by atoms with Crippen molar-refractivity contribution < 1.29 is 4.79 Å². The fourth-order valence-electron chi connectivity index (χ4n) is 1.20. The van der Waals surface area contributed by atoms with Crippen molar-refractivity contribution in [2.45, 2.75) is 31.8 Å². The molecule has 1 aliphatic rings. The number of piperidine rings is 1. The highest BCUT2D eigenvalue weighted by molar-refractivity contribution is 7.78. The largest absolute Gasteiger partial charge is 0.351 e. The lowest BCUT2D eigenvalue weighted by Crippen LogP contribution is -2.45. The van der Waals surface area contributed by atoms with E-state index in [-0.39, 0.29) is 18.0 Å². The Kier molecular flexibility index (Phi) is 2.74. The molecule has 1 heterocycles. The van der Waals surface area contributed by atoms with Gasteiger partial charge in [0.25, 0.3) is 0 Å². The Morgan fingerprint density at radius 1 is 1.82 bits per heavy atom. The molecule has 1 saturated heterocycles. The van der Waals surface area contributed by atoms with Gasteiger partial charge in [0.15, 0.2) is 0 Å². The Hall–Kier alpha value is -0.730. The highest BCUT2D eigenvalue weighted by Crippen LogP contribution is 2.11. The number of nitrogens with one attached hydrogen (secondary N) is 1. The molecule has 0 aromatic heterocycles. The van der Waals surface area contributed by atoms with E-state index < -0.39 is 0 Å². The third kappa shape index (κ3) is 2.10. The summed E-state index contributed by atoms with van der Waals surface area (Å²) < 4.78 is 0. The van der Waals surface area contributed by atoms with E-state index in [0.29, 0.717) is 6.42 Å². The second kappa shape index (κ2) is 3.60. The van der Waals surface area contributed by atoms with Crippen LogP contribution in [0.2, 0.25) is 0 Å². The van der Waals surface area contributed by atoms with Gasteiger partial charge in [-0.2, -0.15) is 0 Å². The smallest absolute Gasteiger partial charge is 0.220 e. The Labute approximate surface area is 70.9 Å². The molecule has 0 aromatic rings. The number of aliphatic imine (C=N–C) groups is 1. The number of hydrogen-bond acceptors (Lipinski definition) is 3. The molecule has 0 radical (unpaired) electrons. The quantitative estimate of drug-likeness (QED) is 0.466. The summed E-state index contributed by atoms with van der Waals surface area (Å²) in [5.41, 5.74) is 0. The summed E-state index contributed by atoms with van der Waals surface area (Å²) in [6.07, 6.45) is 1.34. The van der Waals surface area contributed by atoms with E-state index >= 15 is 0 Å². The van der Waals surface area contributed by atoms with Crippen molar-refractivity contribution in [3.63, 3.8) is 0 Å². The Morgan fingerprint density at radius 3 is 3.09 bits per heavy atom. The zero-order chi connectivity index (χ0) is 8.27. The summed E-state index contributed by atoms with van der Waals surface area (Å²) in [4.78, 5) is 14.8. The molecule has 0 aromatic carbocycles. The minimum absolute atomic E-state index is 0.103. The zero-order valence-corrected chi connectivity index (χ0v) is 7.15. The fraction of sp³-hybridized carbons (Fsp3) is 0.714. The van der Waals surface area contributed by atoms with Gasteiger partial charge in [-0.1, -0.05) is 0 Å². The monoisotopic (exact) mass is 170 g/mol. The van der Waals surface area contributed by atoms with Gasteiger partial charge in [0, 0.05) is 12.5 Å². The third-order valence-corrected chi connectivity index (χ3v) is 1.96. The topological polar surface area (TPSA) is 41.5 Å². The van der Waals surface area contributed by atoms with Crippen molar-refractivity contribution >= 4 is 23.3 Å². The van der Waals surface area contributed by atoms with Crippen LogP contribution in [-0.4, -0.2) is 23.2 Å². The molecule has 0 spiro atoms. The molecule has 1 amide bonds. The van der Waals surface area contributed by atoms with E-state index in [4.69, 9.17) is 0 Å². The van der Waals surface area contributed by atoms with Gasteiger partial charge in [0.1, 0.15) is 0 Å². The van der Waals surface area contributed by atoms with Crippen LogP contribution in [0, 0.1) is 0 Å². The first kappa shape index (κ1) is 8.37. The van der Waals surface area contributed by atoms with E-state index in [2.05, 4.69) is 27.7 Å². The van der Waals surface area contributed by atoms with Crippen LogP contribution >= 0.6 is 12.2 Å². The van der Waals surface area contributed by atoms with E-state index in [1.165, 1.54) is 0 Å². The molecule has 0 aliphatic carbocycles. The predicted molar refractivity (Wildman–Crippen MR) is 45.7 cm³/mol. The maximum Gasteiger partial charge on any atom is 0.220 e. The summed E-state index contributed by atoms with van der Waals surface area (Å²) in [5, 5.41) is 5.13. The summed E-state index contributed by atoms with van der Waals surface area (Å²) in [7, 11) is 0. The standard InChI is InChI=1S/C7H10N2OS/c1-5-6(8-4-11)2-3-7(10)9-5/h5-6H,2-3H2,1H3,(H,9,10). The first-order valence-corrected chi connectivity index (χ1v) is 4.01. The Bertz CT molecular complexity index is 210. The SMILES string of the molecule is CC1NC(=O)CCC1N=C=S. The molecule has 0 saturated carbocycles. The molecule has 0 bridgehead atoms. The van der Waals surface area contributed by atoms with Gasteiger partial charge in [-0.05, 0) is 25.6 Å². The van der Waals surface area contributed by atoms with Gasteiger partial charge in [0.05, 0.1) is 11.2 Å². The number of isothiocyanates is 1. The van der Waals surface area contributed by atoms with Crippen molar-refractivity contribution in [2.24, 2.45) is 4.99 Å². The van der Waals surface area contributed by atoms with E-state index in [1.807, 2.05) is 6.92 Å². The second-order valence-electron chi connectivity index (χ2n) is 2.68. The van der Waals surface area contributed by atoms with Crippen LogP contribution in [0.5, 0.6) is 0 Å². The lowest BCUT2D eigenvalue weighted by molar-refractivity contribution is -0.123. The Balaban J connectivity index is 2.56. The lowest BCUT2D eigenvalue weighted by atomic mass is 10.0. The number of carbonyl (C=O) groups is 1. The Morgan fingerprint density at radius 2 is 2.55 bits per heavy atom. The van der Waals surface area contributed by atoms with Crippen molar-refractivity contribution in [1.29, 1.82) is 0 Å². The summed E-state index contributed by atoms with van der Waals surface area (Å²) in [6.45, 7) is 1.93. The normalized spacial score (nSPS) is 30.5. The van der Waals surface area contributed by atoms with Gasteiger partial charge in [-0.15, -0.1) is 0 Å². The van der Waals surface area contributed by atoms with Crippen LogP contribution in [-0.2, 0) is 4.79 Å². The van der Waals surface area contributed by atoms with E-state index in [1.54, 1.807) is 0 Å². The van der Waals surface area contributed by atoms with Crippen molar-refractivity contribution in [2.75, 3.05) is 0 Å². The van der Waals surface area contributed by atoms with Gasteiger partial charge in [-0.25, -0.2) is 4.99 Å². The van der Waals surface area contributed by atoms with Crippen LogP contribution in [0.25, 0.3) is 0 Å². The molecule has 60 valence electrons. The molecular formula is C7H10N2OS. The van der Waals surface area contributed by atoms with Gasteiger partial charge in [-0.3, -0.25) is 4.79 Å². The maximum atomic E-state index is 10.8. The van der Waals surface area contributed by atoms with Crippen molar-refractivity contribution in [3.05, 3.63) is 0 Å². The second-order valence-corrected chi connectivity index (χ2v) is 2.87. The first-order chi connectivity index (χ1) is 5.24. The van der Waals surface area contributed by atoms with Crippen LogP contribution in [0.3, 0.4) is 0 Å². The number of rotatable bonds is 1. The number of nitrogens with zero attached hydrogens (tertiary/aromatic N) is 1. The zero-order valence-electron chi connectivity index (χ0n) is 6.33. The lowest BCUT2D eigenvalue weighted by Gasteiger charge is -2.25. The van der Waals surface area contributed by atoms with Gasteiger partial charge in [0.2, 0.25) is 5.91 Å². The molecule has 2 atom stereocenters. The molecule has 1 N–H and O–H groups in total. The molecular weight excluding hydrogens is 160 g/mol. The minimum Gasteiger partial charge on any atom is -0.351 e. The molecule has 4 heteroatoms. The number of thiocarbonyl (C=S) groups is 1. The molecule has 11 heavy (non-hydrogen) atoms. The predicted octanol–water partition coefficient (Wildman–Crippen LogP) is 0.756. The molecule has 2 unspecified atom stereocenters. The summed E-state index contributed by atoms with van der Waals surface area (Å²) >= 11 is 4.49. The third-order valence-electron chi connectivity index (χ3n) is 1.85. The average Bonchev–Trinajstić information content (AvgIpc) is 1.95. The minimum atomic E-state index is 0.103. The highest BCUT2D eigenvalue weighted by atomic mass is 32.1. The molecule has 1 aliphatic heterocycles. The van der Waals surface area contributed by atoms with E-state index in [0.717, 1.165) is 6.42 Å². The average molecular weight is 170 g/mol. The van der Waals surface area contributed by atoms with E-state index in [9.17, 15) is 4.79 Å². The number of amides is 1. The molecule has 3 nitrogen and oxygen atoms in total. The van der Waals surface area contributed by atoms with Crippen molar-refractivity contribution in [3.8, 4) is 0 Å². The van der Waals surface area contributed by atoms with Crippen LogP contribution in [0.15, 0.2) is 4.99 Å². The van der Waals surface area contributed by atoms with Crippen LogP contribution < -0.4 is 5.32 Å². The van der Waals surface area contributed by atoms with Crippen LogP contribution in [0.4, 0.5) is 0 Å². The van der Waals surface area contributed by atoms with Gasteiger partial charge >= 0.3 is 0 Å². The molecule has 1 rings (SSSR count). The van der Waals surface area contributed by atoms with Gasteiger partial charge < -0.3 is 5.32 Å². The summed E-state index contributed by atoms with van der Waals surface area (Å²) in [5.74, 6) is 0.105. The summed E-state index contributed by atoms with van der Waals surface area (Å²) in [6, 6.07) is 0.233. The number of carbonyl (C=O) groups excluding carboxylic acids is 1. The van der Waals surface area contributed by atoms with Crippen molar-refractivity contribution in [1.82, 2.24) is 5.32 Å². The maximum absolute atomic E-state index is 10.8. The fourth-order valence-corrected chi connectivity index (χ4v) is 1.33.